The van der Waals surface area contributed by atoms with Crippen LogP contribution in [0.4, 0.5) is 0 Å². The molecule has 6 nitrogen and oxygen atoms in total. The molecule has 0 bridgehead atoms. The normalized spacial score (nSPS) is 10.7. The number of rotatable bonds is 5. The summed E-state index contributed by atoms with van der Waals surface area (Å²) in [6.45, 7) is -3.07. The molecule has 138 valence electrons. The molecule has 0 fully saturated rings. The summed E-state index contributed by atoms with van der Waals surface area (Å²) in [4.78, 5) is 45.3. The van der Waals surface area contributed by atoms with E-state index >= 15 is 0 Å². The topological polar surface area (TPSA) is 121 Å². The van der Waals surface area contributed by atoms with Crippen LogP contribution in [0.5, 0.6) is 0 Å². The van der Waals surface area contributed by atoms with Crippen LogP contribution in [0.15, 0.2) is 30.3 Å². The van der Waals surface area contributed by atoms with E-state index in [0.717, 1.165) is 5.92 Å². The molecule has 11 heteroatoms. The van der Waals surface area contributed by atoms with Crippen molar-refractivity contribution in [1.82, 2.24) is 0 Å². The summed E-state index contributed by atoms with van der Waals surface area (Å²) < 4.78 is 0. The summed E-state index contributed by atoms with van der Waals surface area (Å²) in [7, 11) is 0. The summed E-state index contributed by atoms with van der Waals surface area (Å²) in [6.07, 6.45) is 5.24. The molecule has 0 amide bonds. The van der Waals surface area contributed by atoms with Crippen molar-refractivity contribution < 1.29 is 48.8 Å². The first-order valence-electron chi connectivity index (χ1n) is 7.00. The Morgan fingerprint density at radius 3 is 1.33 bits per heavy atom. The first kappa shape index (κ1) is 29.7. The van der Waals surface area contributed by atoms with Crippen molar-refractivity contribution >= 4 is 37.1 Å². The molecular formula is C13H26O6P2S2Zn. The molecule has 1 rings (SSSR count). The van der Waals surface area contributed by atoms with Gasteiger partial charge in [-0.25, -0.2) is 0 Å². The monoisotopic (exact) mass is 468 g/mol. The second kappa shape index (κ2) is 16.1. The maximum atomic E-state index is 7.56. The van der Waals surface area contributed by atoms with E-state index in [2.05, 4.69) is 67.8 Å². The summed E-state index contributed by atoms with van der Waals surface area (Å²) >= 11 is 7.21. The summed E-state index contributed by atoms with van der Waals surface area (Å²) in [6, 6.07) is 10.9. The van der Waals surface area contributed by atoms with Crippen molar-refractivity contribution in [2.45, 2.75) is 45.4 Å². The fourth-order valence-electron chi connectivity index (χ4n) is 1.90. The molecule has 0 radical (unpaired) electrons. The molecule has 0 spiro atoms. The molecule has 0 unspecified atom stereocenters. The van der Waals surface area contributed by atoms with Gasteiger partial charge in [0.2, 0.25) is 0 Å². The molecule has 0 heterocycles. The Kier molecular flexibility index (Phi) is 19.9. The maximum absolute atomic E-state index is 7.56. The zero-order valence-electron chi connectivity index (χ0n) is 13.9. The van der Waals surface area contributed by atoms with Crippen molar-refractivity contribution in [2.24, 2.45) is 0 Å². The molecule has 6 N–H and O–H groups in total. The van der Waals surface area contributed by atoms with Crippen molar-refractivity contribution in [1.29, 1.82) is 0 Å². The van der Waals surface area contributed by atoms with Gasteiger partial charge in [-0.3, -0.25) is 0 Å². The van der Waals surface area contributed by atoms with Crippen molar-refractivity contribution in [2.75, 3.05) is 0 Å². The van der Waals surface area contributed by atoms with Crippen LogP contribution in [0.3, 0.4) is 0 Å². The number of hydrogen-bond acceptors (Lipinski definition) is 2. The van der Waals surface area contributed by atoms with Gasteiger partial charge in [-0.15, -0.1) is 0 Å². The molecule has 0 aliphatic heterocycles. The predicted octanol–water partition coefficient (Wildman–Crippen LogP) is 2.74. The predicted molar refractivity (Wildman–Crippen MR) is 101 cm³/mol. The van der Waals surface area contributed by atoms with Gasteiger partial charge in [0.05, 0.1) is 0 Å². The van der Waals surface area contributed by atoms with Crippen LogP contribution < -0.4 is 0 Å². The summed E-state index contributed by atoms with van der Waals surface area (Å²) in [5.41, 5.74) is 1.52. The van der Waals surface area contributed by atoms with Gasteiger partial charge in [-0.2, -0.15) is 0 Å². The third-order valence-electron chi connectivity index (χ3n) is 2.55. The van der Waals surface area contributed by atoms with Crippen LogP contribution in [0.25, 0.3) is 0 Å². The number of hydrogen-bond donors (Lipinski definition) is 6. The third kappa shape index (κ3) is 30.7. The van der Waals surface area contributed by atoms with Crippen LogP contribution in [0.1, 0.15) is 51.0 Å². The molecule has 0 saturated heterocycles. The van der Waals surface area contributed by atoms with E-state index in [4.69, 9.17) is 29.4 Å². The van der Waals surface area contributed by atoms with E-state index in [9.17, 15) is 0 Å². The molecule has 0 aromatic heterocycles. The van der Waals surface area contributed by atoms with Gasteiger partial charge in [-0.05, 0) is 47.9 Å². The van der Waals surface area contributed by atoms with E-state index in [-0.39, 0.29) is 19.5 Å². The molecule has 0 aliphatic carbocycles. The maximum Gasteiger partial charge on any atom is 0.319 e. The molecule has 24 heavy (non-hydrogen) atoms. The first-order valence-corrected chi connectivity index (χ1v) is 12.3. The van der Waals surface area contributed by atoms with Gasteiger partial charge in [-0.1, -0.05) is 57.0 Å². The van der Waals surface area contributed by atoms with E-state index in [1.807, 2.05) is 0 Å². The van der Waals surface area contributed by atoms with Crippen molar-refractivity contribution in [3.8, 4) is 0 Å². The minimum absolute atomic E-state index is 0. The zero-order valence-corrected chi connectivity index (χ0v) is 20.3. The quantitative estimate of drug-likeness (QED) is 0.288. The Bertz CT molecular complexity index is 452. The molecule has 1 aromatic rings. The third-order valence-corrected chi connectivity index (χ3v) is 2.55. The Balaban J connectivity index is -0.000000337. The van der Waals surface area contributed by atoms with Crippen LogP contribution in [-0.2, 0) is 43.1 Å². The van der Waals surface area contributed by atoms with Gasteiger partial charge in [0.15, 0.2) is 0 Å². The Hall–Kier alpha value is 0.903. The second-order valence-electron chi connectivity index (χ2n) is 4.71. The zero-order chi connectivity index (χ0) is 18.5. The van der Waals surface area contributed by atoms with E-state index in [1.165, 1.54) is 31.2 Å². The Morgan fingerprint density at radius 1 is 0.792 bits per heavy atom. The van der Waals surface area contributed by atoms with Crippen LogP contribution in [0, 0.1) is 0 Å². The second-order valence-corrected chi connectivity index (χ2v) is 9.70. The van der Waals surface area contributed by atoms with Crippen molar-refractivity contribution in [3.63, 3.8) is 0 Å². The van der Waals surface area contributed by atoms with Crippen LogP contribution in [0.2, 0.25) is 0 Å². The molecular weight excluding hydrogens is 444 g/mol. The Morgan fingerprint density at radius 2 is 1.08 bits per heavy atom. The SMILES string of the molecule is CCCC(CCC)c1ccccc1.OP(O)(O)=S.OP(O)(O)=S.[Zn]. The average Bonchev–Trinajstić information content (AvgIpc) is 2.36. The van der Waals surface area contributed by atoms with Gasteiger partial charge >= 0.3 is 13.4 Å². The van der Waals surface area contributed by atoms with Crippen LogP contribution in [-0.4, -0.2) is 29.4 Å². The Labute approximate surface area is 166 Å². The van der Waals surface area contributed by atoms with E-state index in [0.29, 0.717) is 0 Å². The smallest absolute Gasteiger partial charge is 0.319 e. The molecule has 0 atom stereocenters. The van der Waals surface area contributed by atoms with Gasteiger partial charge in [0.1, 0.15) is 0 Å². The number of benzene rings is 1. The molecule has 1 aromatic carbocycles. The van der Waals surface area contributed by atoms with Crippen molar-refractivity contribution in [3.05, 3.63) is 35.9 Å². The standard InChI is InChI=1S/C13H20.2H3O3PS.Zn/c1-3-8-12(9-4-2)13-10-6-5-7-11-13;2*1-4(2,3)5;/h5-7,10-12H,3-4,8-9H2,1-2H3;2*(H3,1,2,3,5);. The fourth-order valence-corrected chi connectivity index (χ4v) is 1.90. The fraction of sp³-hybridized carbons (Fsp3) is 0.538. The van der Waals surface area contributed by atoms with E-state index < -0.39 is 13.4 Å². The average molecular weight is 470 g/mol. The molecule has 0 saturated carbocycles. The largest absolute Gasteiger partial charge is 0.325 e. The summed E-state index contributed by atoms with van der Waals surface area (Å²) in [5.74, 6) is 0.788. The van der Waals surface area contributed by atoms with Crippen LogP contribution >= 0.6 is 13.4 Å². The van der Waals surface area contributed by atoms with E-state index in [1.54, 1.807) is 0 Å². The first-order chi connectivity index (χ1) is 10.4. The molecule has 0 aliphatic rings. The van der Waals surface area contributed by atoms with Gasteiger partial charge < -0.3 is 29.4 Å². The van der Waals surface area contributed by atoms with Gasteiger partial charge in [0.25, 0.3) is 0 Å². The minimum atomic E-state index is -3.81. The summed E-state index contributed by atoms with van der Waals surface area (Å²) in [5, 5.41) is 0. The minimum Gasteiger partial charge on any atom is -0.325 e. The van der Waals surface area contributed by atoms with Gasteiger partial charge in [0, 0.05) is 19.5 Å².